The first-order valence-electron chi connectivity index (χ1n) is 5.08. The van der Waals surface area contributed by atoms with Gasteiger partial charge in [-0.15, -0.1) is 0 Å². The van der Waals surface area contributed by atoms with E-state index in [0.717, 1.165) is 18.7 Å². The van der Waals surface area contributed by atoms with E-state index in [4.69, 9.17) is 0 Å². The van der Waals surface area contributed by atoms with E-state index in [1.54, 1.807) is 12.1 Å². The molecule has 4 nitrogen and oxygen atoms in total. The third-order valence-electron chi connectivity index (χ3n) is 2.11. The van der Waals surface area contributed by atoms with Gasteiger partial charge in [0, 0.05) is 24.4 Å². The largest absolute Gasteiger partial charge is 0.385 e. The molecule has 0 aromatic heterocycles. The number of hydrogen-bond acceptors (Lipinski definition) is 3. The summed E-state index contributed by atoms with van der Waals surface area (Å²) in [6, 6.07) is 6.58. The Bertz CT molecular complexity index is 337. The van der Waals surface area contributed by atoms with E-state index in [9.17, 15) is 10.1 Å². The third-order valence-corrected chi connectivity index (χ3v) is 2.11. The van der Waals surface area contributed by atoms with Crippen LogP contribution in [0.1, 0.15) is 20.3 Å². The molecule has 0 fully saturated rings. The number of nitrogens with zero attached hydrogens (tertiary/aromatic N) is 1. The highest BCUT2D eigenvalue weighted by molar-refractivity contribution is 5.50. The van der Waals surface area contributed by atoms with Crippen LogP contribution in [0.2, 0.25) is 0 Å². The maximum absolute atomic E-state index is 10.5. The smallest absolute Gasteiger partial charge is 0.271 e. The lowest BCUT2D eigenvalue weighted by molar-refractivity contribution is -0.384. The highest BCUT2D eigenvalue weighted by Crippen LogP contribution is 2.17. The summed E-state index contributed by atoms with van der Waals surface area (Å²) in [5.41, 5.74) is 0.939. The van der Waals surface area contributed by atoms with Crippen molar-refractivity contribution in [1.29, 1.82) is 0 Å². The minimum atomic E-state index is -0.381. The van der Waals surface area contributed by atoms with Crippen molar-refractivity contribution in [3.05, 3.63) is 34.4 Å². The fraction of sp³-hybridized carbons (Fsp3) is 0.455. The summed E-state index contributed by atoms with van der Waals surface area (Å²) >= 11 is 0. The fourth-order valence-electron chi connectivity index (χ4n) is 1.23. The first-order valence-corrected chi connectivity index (χ1v) is 5.08. The quantitative estimate of drug-likeness (QED) is 0.597. The Morgan fingerprint density at radius 1 is 1.47 bits per heavy atom. The predicted molar refractivity (Wildman–Crippen MR) is 61.0 cm³/mol. The Labute approximate surface area is 89.5 Å². The monoisotopic (exact) mass is 208 g/mol. The molecule has 0 bridgehead atoms. The fourth-order valence-corrected chi connectivity index (χ4v) is 1.23. The molecule has 0 unspecified atom stereocenters. The van der Waals surface area contributed by atoms with Crippen LogP contribution in [-0.4, -0.2) is 11.5 Å². The van der Waals surface area contributed by atoms with E-state index in [1.165, 1.54) is 6.07 Å². The van der Waals surface area contributed by atoms with Crippen molar-refractivity contribution in [2.75, 3.05) is 11.9 Å². The van der Waals surface area contributed by atoms with Crippen LogP contribution in [0.25, 0.3) is 0 Å². The predicted octanol–water partition coefficient (Wildman–Crippen LogP) is 3.05. The molecule has 0 aliphatic carbocycles. The van der Waals surface area contributed by atoms with E-state index in [2.05, 4.69) is 19.2 Å². The maximum Gasteiger partial charge on any atom is 0.271 e. The lowest BCUT2D eigenvalue weighted by atomic mass is 10.1. The molecule has 0 aliphatic heterocycles. The molecule has 1 aromatic rings. The molecule has 4 heteroatoms. The van der Waals surface area contributed by atoms with Gasteiger partial charge in [-0.2, -0.15) is 0 Å². The SMILES string of the molecule is CC(C)CCNc1cccc([N+](=O)[O-])c1. The van der Waals surface area contributed by atoms with Gasteiger partial charge in [0.2, 0.25) is 0 Å². The first kappa shape index (κ1) is 11.5. The van der Waals surface area contributed by atoms with Crippen molar-refractivity contribution in [2.45, 2.75) is 20.3 Å². The highest BCUT2D eigenvalue weighted by Gasteiger charge is 2.04. The molecule has 82 valence electrons. The van der Waals surface area contributed by atoms with Gasteiger partial charge in [0.1, 0.15) is 0 Å². The average Bonchev–Trinajstić information content (AvgIpc) is 2.17. The van der Waals surface area contributed by atoms with Crippen LogP contribution in [-0.2, 0) is 0 Å². The molecule has 1 rings (SSSR count). The van der Waals surface area contributed by atoms with Crippen LogP contribution in [0.4, 0.5) is 11.4 Å². The highest BCUT2D eigenvalue weighted by atomic mass is 16.6. The molecule has 0 radical (unpaired) electrons. The van der Waals surface area contributed by atoms with Gasteiger partial charge in [-0.05, 0) is 18.4 Å². The second-order valence-corrected chi connectivity index (χ2v) is 3.92. The second-order valence-electron chi connectivity index (χ2n) is 3.92. The van der Waals surface area contributed by atoms with Crippen molar-refractivity contribution >= 4 is 11.4 Å². The molecule has 0 saturated carbocycles. The molecule has 0 saturated heterocycles. The topological polar surface area (TPSA) is 55.2 Å². The molecule has 0 heterocycles. The number of anilines is 1. The minimum absolute atomic E-state index is 0.129. The van der Waals surface area contributed by atoms with Gasteiger partial charge in [0.25, 0.3) is 5.69 Å². The molecule has 0 spiro atoms. The Balaban J connectivity index is 2.54. The van der Waals surface area contributed by atoms with Gasteiger partial charge in [0.15, 0.2) is 0 Å². The molecule has 0 aliphatic rings. The average molecular weight is 208 g/mol. The molecule has 0 amide bonds. The number of nitro groups is 1. The lowest BCUT2D eigenvalue weighted by Crippen LogP contribution is -2.04. The van der Waals surface area contributed by atoms with Crippen molar-refractivity contribution in [1.82, 2.24) is 0 Å². The van der Waals surface area contributed by atoms with Gasteiger partial charge in [0.05, 0.1) is 4.92 Å². The van der Waals surface area contributed by atoms with Crippen molar-refractivity contribution < 1.29 is 4.92 Å². The number of hydrogen-bond donors (Lipinski definition) is 1. The van der Waals surface area contributed by atoms with Crippen molar-refractivity contribution in [2.24, 2.45) is 5.92 Å². The van der Waals surface area contributed by atoms with E-state index < -0.39 is 0 Å². The van der Waals surface area contributed by atoms with Gasteiger partial charge < -0.3 is 5.32 Å². The number of nitro benzene ring substituents is 1. The third kappa shape index (κ3) is 3.97. The van der Waals surface area contributed by atoms with Gasteiger partial charge in [-0.3, -0.25) is 10.1 Å². The zero-order valence-corrected chi connectivity index (χ0v) is 9.06. The minimum Gasteiger partial charge on any atom is -0.385 e. The number of benzene rings is 1. The molecule has 15 heavy (non-hydrogen) atoms. The van der Waals surface area contributed by atoms with E-state index >= 15 is 0 Å². The van der Waals surface area contributed by atoms with Crippen LogP contribution in [0, 0.1) is 16.0 Å². The summed E-state index contributed by atoms with van der Waals surface area (Å²) in [7, 11) is 0. The Kier molecular flexibility index (Phi) is 4.09. The van der Waals surface area contributed by atoms with Gasteiger partial charge >= 0.3 is 0 Å². The summed E-state index contributed by atoms with van der Waals surface area (Å²) in [5, 5.41) is 13.7. The lowest BCUT2D eigenvalue weighted by Gasteiger charge is -2.07. The molecular formula is C11H16N2O2. The summed E-state index contributed by atoms with van der Waals surface area (Å²) in [6.07, 6.45) is 1.06. The number of non-ortho nitro benzene ring substituents is 1. The molecule has 1 aromatic carbocycles. The maximum atomic E-state index is 10.5. The molecular weight excluding hydrogens is 192 g/mol. The summed E-state index contributed by atoms with van der Waals surface area (Å²) in [4.78, 5) is 10.1. The van der Waals surface area contributed by atoms with E-state index in [0.29, 0.717) is 5.92 Å². The van der Waals surface area contributed by atoms with Gasteiger partial charge in [-0.1, -0.05) is 19.9 Å². The Morgan fingerprint density at radius 2 is 2.20 bits per heavy atom. The Morgan fingerprint density at radius 3 is 2.80 bits per heavy atom. The van der Waals surface area contributed by atoms with Crippen molar-refractivity contribution in [3.63, 3.8) is 0 Å². The van der Waals surface area contributed by atoms with E-state index in [-0.39, 0.29) is 10.6 Å². The van der Waals surface area contributed by atoms with Crippen molar-refractivity contribution in [3.8, 4) is 0 Å². The zero-order valence-electron chi connectivity index (χ0n) is 9.06. The summed E-state index contributed by atoms with van der Waals surface area (Å²) in [5.74, 6) is 0.635. The van der Waals surface area contributed by atoms with Crippen LogP contribution >= 0.6 is 0 Å². The van der Waals surface area contributed by atoms with E-state index in [1.807, 2.05) is 6.07 Å². The second kappa shape index (κ2) is 5.34. The molecule has 1 N–H and O–H groups in total. The Hall–Kier alpha value is -1.58. The van der Waals surface area contributed by atoms with Crippen LogP contribution < -0.4 is 5.32 Å². The van der Waals surface area contributed by atoms with Crippen LogP contribution in [0.3, 0.4) is 0 Å². The van der Waals surface area contributed by atoms with Gasteiger partial charge in [-0.25, -0.2) is 0 Å². The first-order chi connectivity index (χ1) is 7.09. The normalized spacial score (nSPS) is 10.3. The standard InChI is InChI=1S/C11H16N2O2/c1-9(2)6-7-12-10-4-3-5-11(8-10)13(14)15/h3-5,8-9,12H,6-7H2,1-2H3. The number of rotatable bonds is 5. The molecule has 0 atom stereocenters. The van der Waals surface area contributed by atoms with Crippen LogP contribution in [0.15, 0.2) is 24.3 Å². The van der Waals surface area contributed by atoms with Crippen LogP contribution in [0.5, 0.6) is 0 Å². The zero-order chi connectivity index (χ0) is 11.3. The number of nitrogens with one attached hydrogen (secondary N) is 1. The summed E-state index contributed by atoms with van der Waals surface area (Å²) < 4.78 is 0. The summed E-state index contributed by atoms with van der Waals surface area (Å²) in [6.45, 7) is 5.14.